The van der Waals surface area contributed by atoms with Crippen LogP contribution in [0, 0.1) is 0 Å². The summed E-state index contributed by atoms with van der Waals surface area (Å²) in [6.07, 6.45) is 3.96. The van der Waals surface area contributed by atoms with Crippen LogP contribution in [0.5, 0.6) is 11.5 Å². The predicted octanol–water partition coefficient (Wildman–Crippen LogP) is 2.98. The summed E-state index contributed by atoms with van der Waals surface area (Å²) in [5.74, 6) is 1.72. The third-order valence-electron chi connectivity index (χ3n) is 3.39. The van der Waals surface area contributed by atoms with Gasteiger partial charge in [0.1, 0.15) is 5.01 Å². The monoisotopic (exact) mass is 290 g/mol. The Bertz CT molecular complexity index is 557. The fraction of sp³-hybridized carbons (Fsp3) is 0.400. The van der Waals surface area contributed by atoms with Crippen LogP contribution in [0.3, 0.4) is 0 Å². The molecule has 1 N–H and O–H groups in total. The maximum absolute atomic E-state index is 5.40. The van der Waals surface area contributed by atoms with Crippen molar-refractivity contribution >= 4 is 11.3 Å². The summed E-state index contributed by atoms with van der Waals surface area (Å²) in [7, 11) is 0. The fourth-order valence-electron chi connectivity index (χ4n) is 2.18. The van der Waals surface area contributed by atoms with Gasteiger partial charge in [-0.15, -0.1) is 11.3 Å². The zero-order chi connectivity index (χ0) is 13.8. The Labute approximate surface area is 122 Å². The molecule has 1 unspecified atom stereocenters. The van der Waals surface area contributed by atoms with Crippen molar-refractivity contribution in [1.82, 2.24) is 10.3 Å². The lowest BCUT2D eigenvalue weighted by molar-refractivity contribution is 0.174. The average molecular weight is 290 g/mol. The van der Waals surface area contributed by atoms with E-state index in [0.29, 0.717) is 12.8 Å². The molecule has 1 aliphatic rings. The van der Waals surface area contributed by atoms with E-state index in [1.54, 1.807) is 11.3 Å². The molecule has 2 heterocycles. The van der Waals surface area contributed by atoms with E-state index >= 15 is 0 Å². The van der Waals surface area contributed by atoms with Crippen LogP contribution >= 0.6 is 11.3 Å². The van der Waals surface area contributed by atoms with E-state index in [-0.39, 0.29) is 0 Å². The first-order chi connectivity index (χ1) is 9.81. The van der Waals surface area contributed by atoms with Crippen LogP contribution in [0.25, 0.3) is 0 Å². The molecule has 0 spiro atoms. The van der Waals surface area contributed by atoms with Crippen LogP contribution in [0.15, 0.2) is 29.8 Å². The van der Waals surface area contributed by atoms with Crippen molar-refractivity contribution in [3.8, 4) is 11.5 Å². The van der Waals surface area contributed by atoms with E-state index in [4.69, 9.17) is 9.47 Å². The van der Waals surface area contributed by atoms with E-state index in [0.717, 1.165) is 35.9 Å². The number of fused-ring (bicyclic) bond motifs is 1. The molecule has 0 fully saturated rings. The van der Waals surface area contributed by atoms with E-state index in [1.807, 2.05) is 17.6 Å². The summed E-state index contributed by atoms with van der Waals surface area (Å²) >= 11 is 1.69. The lowest BCUT2D eigenvalue weighted by Crippen LogP contribution is -2.25. The summed E-state index contributed by atoms with van der Waals surface area (Å²) in [6, 6.07) is 6.65. The number of hydrogen-bond donors (Lipinski definition) is 1. The van der Waals surface area contributed by atoms with Gasteiger partial charge in [0.15, 0.2) is 11.5 Å². The lowest BCUT2D eigenvalue weighted by atomic mass is 10.1. The Morgan fingerprint density at radius 3 is 3.10 bits per heavy atom. The summed E-state index contributed by atoms with van der Waals surface area (Å²) in [5.41, 5.74) is 1.29. The molecule has 0 radical (unpaired) electrons. The standard InChI is InChI=1S/C15H18N2O2S/c1-11(17-9-15-16-6-7-20-15)2-3-12-4-5-13-14(8-12)19-10-18-13/h4-8,11,17H,2-3,9-10H2,1H3. The zero-order valence-corrected chi connectivity index (χ0v) is 12.3. The van der Waals surface area contributed by atoms with Crippen molar-refractivity contribution in [2.45, 2.75) is 32.4 Å². The number of ether oxygens (including phenoxy) is 2. The fourth-order valence-corrected chi connectivity index (χ4v) is 2.75. The van der Waals surface area contributed by atoms with Gasteiger partial charge in [-0.05, 0) is 37.5 Å². The molecule has 1 aliphatic heterocycles. The predicted molar refractivity (Wildman–Crippen MR) is 79.3 cm³/mol. The molecule has 106 valence electrons. The highest BCUT2D eigenvalue weighted by Gasteiger charge is 2.13. The number of hydrogen-bond acceptors (Lipinski definition) is 5. The lowest BCUT2D eigenvalue weighted by Gasteiger charge is -2.12. The maximum atomic E-state index is 5.40. The summed E-state index contributed by atoms with van der Waals surface area (Å²) in [6.45, 7) is 3.39. The van der Waals surface area contributed by atoms with Gasteiger partial charge in [0.25, 0.3) is 0 Å². The van der Waals surface area contributed by atoms with E-state index < -0.39 is 0 Å². The summed E-state index contributed by atoms with van der Waals surface area (Å²) < 4.78 is 10.7. The van der Waals surface area contributed by atoms with Crippen molar-refractivity contribution in [3.05, 3.63) is 40.3 Å². The highest BCUT2D eigenvalue weighted by molar-refractivity contribution is 7.09. The minimum atomic E-state index is 0.338. The first kappa shape index (κ1) is 13.4. The first-order valence-corrected chi connectivity index (χ1v) is 7.69. The topological polar surface area (TPSA) is 43.4 Å². The zero-order valence-electron chi connectivity index (χ0n) is 11.5. The van der Waals surface area contributed by atoms with Gasteiger partial charge < -0.3 is 14.8 Å². The molecule has 0 aliphatic carbocycles. The van der Waals surface area contributed by atoms with Gasteiger partial charge in [0.05, 0.1) is 0 Å². The molecule has 1 aromatic carbocycles. The molecule has 2 aromatic rings. The molecule has 1 aromatic heterocycles. The minimum absolute atomic E-state index is 0.338. The minimum Gasteiger partial charge on any atom is -0.454 e. The van der Waals surface area contributed by atoms with E-state index in [1.165, 1.54) is 5.56 Å². The molecular formula is C15H18N2O2S. The molecule has 20 heavy (non-hydrogen) atoms. The Balaban J connectivity index is 1.46. The van der Waals surface area contributed by atoms with Gasteiger partial charge in [-0.1, -0.05) is 6.07 Å². The van der Waals surface area contributed by atoms with Crippen molar-refractivity contribution in [1.29, 1.82) is 0 Å². The number of rotatable bonds is 6. The number of nitrogens with one attached hydrogen (secondary N) is 1. The second-order valence-electron chi connectivity index (χ2n) is 4.93. The number of benzene rings is 1. The first-order valence-electron chi connectivity index (χ1n) is 6.81. The van der Waals surface area contributed by atoms with Crippen LogP contribution in [-0.2, 0) is 13.0 Å². The quantitative estimate of drug-likeness (QED) is 0.888. The summed E-state index contributed by atoms with van der Waals surface area (Å²) in [5, 5.41) is 6.65. The van der Waals surface area contributed by atoms with Gasteiger partial charge in [-0.3, -0.25) is 0 Å². The molecule has 3 rings (SSSR count). The Kier molecular flexibility index (Phi) is 4.18. The van der Waals surface area contributed by atoms with Gasteiger partial charge in [0, 0.05) is 24.2 Å². The summed E-state index contributed by atoms with van der Waals surface area (Å²) in [4.78, 5) is 4.27. The van der Waals surface area contributed by atoms with Crippen LogP contribution in [0.1, 0.15) is 23.9 Å². The second kappa shape index (κ2) is 6.24. The van der Waals surface area contributed by atoms with E-state index in [9.17, 15) is 0 Å². The van der Waals surface area contributed by atoms with Crippen molar-refractivity contribution in [2.75, 3.05) is 6.79 Å². The molecule has 0 saturated heterocycles. The number of thiazole rings is 1. The van der Waals surface area contributed by atoms with Gasteiger partial charge in [-0.2, -0.15) is 0 Å². The van der Waals surface area contributed by atoms with Crippen molar-refractivity contribution in [2.24, 2.45) is 0 Å². The van der Waals surface area contributed by atoms with Crippen LogP contribution in [0.2, 0.25) is 0 Å². The number of nitrogens with zero attached hydrogens (tertiary/aromatic N) is 1. The number of aromatic nitrogens is 1. The van der Waals surface area contributed by atoms with Crippen LogP contribution in [-0.4, -0.2) is 17.8 Å². The molecule has 0 bridgehead atoms. The molecule has 4 nitrogen and oxygen atoms in total. The maximum Gasteiger partial charge on any atom is 0.231 e. The average Bonchev–Trinajstić information content (AvgIpc) is 3.13. The SMILES string of the molecule is CC(CCc1ccc2c(c1)OCO2)NCc1nccs1. The molecular weight excluding hydrogens is 272 g/mol. The smallest absolute Gasteiger partial charge is 0.231 e. The van der Waals surface area contributed by atoms with Gasteiger partial charge >= 0.3 is 0 Å². The van der Waals surface area contributed by atoms with Gasteiger partial charge in [0.2, 0.25) is 6.79 Å². The largest absolute Gasteiger partial charge is 0.454 e. The van der Waals surface area contributed by atoms with Crippen LogP contribution in [0.4, 0.5) is 0 Å². The molecule has 0 saturated carbocycles. The Morgan fingerprint density at radius 1 is 1.35 bits per heavy atom. The van der Waals surface area contributed by atoms with Crippen LogP contribution < -0.4 is 14.8 Å². The molecule has 1 atom stereocenters. The highest BCUT2D eigenvalue weighted by atomic mass is 32.1. The Hall–Kier alpha value is -1.59. The van der Waals surface area contributed by atoms with Gasteiger partial charge in [-0.25, -0.2) is 4.98 Å². The highest BCUT2D eigenvalue weighted by Crippen LogP contribution is 2.32. The molecule has 5 heteroatoms. The third-order valence-corrected chi connectivity index (χ3v) is 4.17. The molecule has 0 amide bonds. The van der Waals surface area contributed by atoms with Crippen molar-refractivity contribution in [3.63, 3.8) is 0 Å². The second-order valence-corrected chi connectivity index (χ2v) is 5.91. The third kappa shape index (κ3) is 3.29. The normalized spacial score (nSPS) is 14.4. The van der Waals surface area contributed by atoms with Crippen molar-refractivity contribution < 1.29 is 9.47 Å². The van der Waals surface area contributed by atoms with E-state index in [2.05, 4.69) is 29.4 Å². The Morgan fingerprint density at radius 2 is 2.25 bits per heavy atom. The number of aryl methyl sites for hydroxylation is 1.